The number of pyridine rings is 1. The molecule has 0 aromatic carbocycles. The van der Waals surface area contributed by atoms with E-state index in [4.69, 9.17) is 17.3 Å². The van der Waals surface area contributed by atoms with Gasteiger partial charge in [0.25, 0.3) is 5.91 Å². The lowest BCUT2D eigenvalue weighted by molar-refractivity contribution is 0.0946. The number of anilines is 1. The first-order chi connectivity index (χ1) is 8.56. The zero-order valence-electron chi connectivity index (χ0n) is 9.74. The fourth-order valence-electron chi connectivity index (χ4n) is 1.45. The Morgan fingerprint density at radius 1 is 1.44 bits per heavy atom. The summed E-state index contributed by atoms with van der Waals surface area (Å²) >= 11 is 7.54. The fraction of sp³-hybridized carbons (Fsp3) is 0.167. The summed E-state index contributed by atoms with van der Waals surface area (Å²) in [5.74, 6) is -0.0464. The summed E-state index contributed by atoms with van der Waals surface area (Å²) in [5.41, 5.74) is 5.69. The van der Waals surface area contributed by atoms with E-state index in [1.807, 2.05) is 19.1 Å². The van der Waals surface area contributed by atoms with Gasteiger partial charge in [0.1, 0.15) is 11.5 Å². The van der Waals surface area contributed by atoms with E-state index in [0.717, 1.165) is 4.88 Å². The van der Waals surface area contributed by atoms with Crippen LogP contribution in [0.25, 0.3) is 0 Å². The van der Waals surface area contributed by atoms with E-state index in [2.05, 4.69) is 10.3 Å². The largest absolute Gasteiger partial charge is 0.384 e. The Labute approximate surface area is 114 Å². The van der Waals surface area contributed by atoms with Gasteiger partial charge in [-0.25, -0.2) is 4.98 Å². The minimum atomic E-state index is -0.321. The van der Waals surface area contributed by atoms with Crippen molar-refractivity contribution < 1.29 is 4.79 Å². The minimum Gasteiger partial charge on any atom is -0.384 e. The Morgan fingerprint density at radius 2 is 2.22 bits per heavy atom. The Kier molecular flexibility index (Phi) is 3.84. The van der Waals surface area contributed by atoms with Crippen molar-refractivity contribution in [3.05, 3.63) is 44.7 Å². The first-order valence-corrected chi connectivity index (χ1v) is 6.51. The molecule has 94 valence electrons. The number of rotatable bonds is 3. The summed E-state index contributed by atoms with van der Waals surface area (Å²) in [6, 6.07) is 7.11. The fourth-order valence-corrected chi connectivity index (χ4v) is 2.47. The number of nitrogens with one attached hydrogen (secondary N) is 1. The van der Waals surface area contributed by atoms with Gasteiger partial charge in [-0.05, 0) is 31.2 Å². The van der Waals surface area contributed by atoms with E-state index in [1.165, 1.54) is 4.88 Å². The van der Waals surface area contributed by atoms with Crippen LogP contribution in [0.2, 0.25) is 5.02 Å². The first-order valence-electron chi connectivity index (χ1n) is 5.32. The number of nitrogen functional groups attached to an aromatic ring is 1. The number of aromatic nitrogens is 1. The van der Waals surface area contributed by atoms with Gasteiger partial charge >= 0.3 is 0 Å². The van der Waals surface area contributed by atoms with Crippen LogP contribution in [0.5, 0.6) is 0 Å². The molecule has 6 heteroatoms. The van der Waals surface area contributed by atoms with E-state index >= 15 is 0 Å². The van der Waals surface area contributed by atoms with Crippen LogP contribution < -0.4 is 11.1 Å². The molecule has 18 heavy (non-hydrogen) atoms. The smallest absolute Gasteiger partial charge is 0.271 e. The quantitative estimate of drug-likeness (QED) is 0.909. The molecule has 0 radical (unpaired) electrons. The summed E-state index contributed by atoms with van der Waals surface area (Å²) in [6.07, 6.45) is 0. The van der Waals surface area contributed by atoms with Gasteiger partial charge in [-0.2, -0.15) is 0 Å². The Balaban J connectivity index is 2.05. The van der Waals surface area contributed by atoms with Gasteiger partial charge in [-0.1, -0.05) is 11.6 Å². The Morgan fingerprint density at radius 3 is 2.89 bits per heavy atom. The van der Waals surface area contributed by atoms with Crippen molar-refractivity contribution in [2.45, 2.75) is 13.5 Å². The summed E-state index contributed by atoms with van der Waals surface area (Å²) in [6.45, 7) is 2.48. The van der Waals surface area contributed by atoms with E-state index < -0.39 is 0 Å². The summed E-state index contributed by atoms with van der Waals surface area (Å²) in [4.78, 5) is 18.1. The third-order valence-electron chi connectivity index (χ3n) is 2.30. The molecule has 0 saturated heterocycles. The molecule has 2 rings (SSSR count). The number of thiophene rings is 1. The minimum absolute atomic E-state index is 0.157. The van der Waals surface area contributed by atoms with Crippen LogP contribution in [0.4, 0.5) is 5.82 Å². The zero-order chi connectivity index (χ0) is 13.1. The maximum atomic E-state index is 11.9. The van der Waals surface area contributed by atoms with Gasteiger partial charge < -0.3 is 11.1 Å². The average molecular weight is 282 g/mol. The highest BCUT2D eigenvalue weighted by molar-refractivity contribution is 7.11. The number of hydrogen-bond acceptors (Lipinski definition) is 4. The molecule has 2 aromatic rings. The summed E-state index contributed by atoms with van der Waals surface area (Å²) in [7, 11) is 0. The number of nitrogens with two attached hydrogens (primary N) is 1. The van der Waals surface area contributed by atoms with Crippen molar-refractivity contribution in [2.24, 2.45) is 0 Å². The summed E-state index contributed by atoms with van der Waals surface area (Å²) in [5, 5.41) is 3.06. The standard InChI is InChI=1S/C12H12ClN3OS/c1-7-2-3-8(18-7)6-15-12(17)11-9(13)4-5-10(14)16-11/h2-5H,6H2,1H3,(H2,14,16)(H,15,17). The molecule has 1 amide bonds. The third-order valence-corrected chi connectivity index (χ3v) is 3.61. The monoisotopic (exact) mass is 281 g/mol. The van der Waals surface area contributed by atoms with Gasteiger partial charge in [-0.3, -0.25) is 4.79 Å². The van der Waals surface area contributed by atoms with Gasteiger partial charge in [0.15, 0.2) is 0 Å². The normalized spacial score (nSPS) is 10.3. The van der Waals surface area contributed by atoms with E-state index in [-0.39, 0.29) is 17.4 Å². The van der Waals surface area contributed by atoms with Crippen molar-refractivity contribution >= 4 is 34.7 Å². The lowest BCUT2D eigenvalue weighted by Crippen LogP contribution is -2.24. The molecule has 0 fully saturated rings. The number of amides is 1. The highest BCUT2D eigenvalue weighted by Crippen LogP contribution is 2.17. The van der Waals surface area contributed by atoms with Crippen molar-refractivity contribution in [3.8, 4) is 0 Å². The highest BCUT2D eigenvalue weighted by atomic mass is 35.5. The van der Waals surface area contributed by atoms with Crippen LogP contribution >= 0.6 is 22.9 Å². The Bertz CT molecular complexity index is 582. The molecule has 4 nitrogen and oxygen atoms in total. The lowest BCUT2D eigenvalue weighted by Gasteiger charge is -2.05. The number of carbonyl (C=O) groups is 1. The van der Waals surface area contributed by atoms with Gasteiger partial charge in [0.05, 0.1) is 11.6 Å². The molecule has 0 unspecified atom stereocenters. The number of aryl methyl sites for hydroxylation is 1. The number of hydrogen-bond donors (Lipinski definition) is 2. The van der Waals surface area contributed by atoms with Crippen LogP contribution in [-0.2, 0) is 6.54 Å². The molecular formula is C12H12ClN3OS. The highest BCUT2D eigenvalue weighted by Gasteiger charge is 2.12. The second-order valence-corrected chi connectivity index (χ2v) is 5.54. The topological polar surface area (TPSA) is 68.0 Å². The zero-order valence-corrected chi connectivity index (χ0v) is 11.3. The molecule has 2 aromatic heterocycles. The van der Waals surface area contributed by atoms with Crippen LogP contribution in [0.15, 0.2) is 24.3 Å². The van der Waals surface area contributed by atoms with Crippen molar-refractivity contribution in [2.75, 3.05) is 5.73 Å². The molecule has 0 aliphatic rings. The molecular weight excluding hydrogens is 270 g/mol. The second-order valence-electron chi connectivity index (χ2n) is 3.76. The van der Waals surface area contributed by atoms with E-state index in [1.54, 1.807) is 23.5 Å². The van der Waals surface area contributed by atoms with Gasteiger partial charge in [0, 0.05) is 9.75 Å². The number of halogens is 1. The molecule has 0 bridgehead atoms. The average Bonchev–Trinajstić information content (AvgIpc) is 2.75. The first kappa shape index (κ1) is 12.9. The molecule has 0 aliphatic heterocycles. The predicted molar refractivity (Wildman–Crippen MR) is 73.9 cm³/mol. The third kappa shape index (κ3) is 3.00. The van der Waals surface area contributed by atoms with Crippen LogP contribution in [-0.4, -0.2) is 10.9 Å². The number of carbonyl (C=O) groups excluding carboxylic acids is 1. The van der Waals surface area contributed by atoms with Crippen molar-refractivity contribution in [1.29, 1.82) is 0 Å². The van der Waals surface area contributed by atoms with Gasteiger partial charge in [-0.15, -0.1) is 11.3 Å². The summed E-state index contributed by atoms with van der Waals surface area (Å²) < 4.78 is 0. The van der Waals surface area contributed by atoms with Gasteiger partial charge in [0.2, 0.25) is 0 Å². The van der Waals surface area contributed by atoms with Crippen LogP contribution in [0.1, 0.15) is 20.2 Å². The number of nitrogens with zero attached hydrogens (tertiary/aromatic N) is 1. The van der Waals surface area contributed by atoms with Crippen molar-refractivity contribution in [1.82, 2.24) is 10.3 Å². The SMILES string of the molecule is Cc1ccc(CNC(=O)c2nc(N)ccc2Cl)s1. The molecule has 3 N–H and O–H groups in total. The molecule has 0 saturated carbocycles. The van der Waals surface area contributed by atoms with E-state index in [0.29, 0.717) is 11.6 Å². The Hall–Kier alpha value is -1.59. The lowest BCUT2D eigenvalue weighted by atomic mass is 10.3. The second kappa shape index (κ2) is 5.37. The maximum absolute atomic E-state index is 11.9. The molecule has 0 spiro atoms. The predicted octanol–water partition coefficient (Wildman–Crippen LogP) is 2.62. The molecule has 2 heterocycles. The molecule has 0 aliphatic carbocycles. The maximum Gasteiger partial charge on any atom is 0.271 e. The van der Waals surface area contributed by atoms with Crippen LogP contribution in [0.3, 0.4) is 0 Å². The van der Waals surface area contributed by atoms with Crippen LogP contribution in [0, 0.1) is 6.92 Å². The molecule has 0 atom stereocenters. The van der Waals surface area contributed by atoms with Crippen molar-refractivity contribution in [3.63, 3.8) is 0 Å². The van der Waals surface area contributed by atoms with E-state index in [9.17, 15) is 4.79 Å².